The Kier molecular flexibility index (Phi) is 6.49. The van der Waals surface area contributed by atoms with Crippen LogP contribution in [0.1, 0.15) is 23.6 Å². The summed E-state index contributed by atoms with van der Waals surface area (Å²) >= 11 is 0. The van der Waals surface area contributed by atoms with Crippen LogP contribution >= 0.6 is 7.52 Å². The lowest BCUT2D eigenvalue weighted by molar-refractivity contribution is -0.120. The number of hydrogen-bond acceptors (Lipinski definition) is 7. The molecular weight excluding hydrogens is 544 g/mol. The molecule has 3 aromatic rings. The predicted molar refractivity (Wildman–Crippen MR) is 149 cm³/mol. The number of carbonyl (C=O) groups excluding carboxylic acids is 1. The third kappa shape index (κ3) is 4.78. The van der Waals surface area contributed by atoms with Crippen molar-refractivity contribution in [1.82, 2.24) is 0 Å². The van der Waals surface area contributed by atoms with E-state index in [2.05, 4.69) is 14.8 Å². The molecule has 0 bridgehead atoms. The van der Waals surface area contributed by atoms with Gasteiger partial charge in [-0.3, -0.25) is 14.1 Å². The van der Waals surface area contributed by atoms with Gasteiger partial charge in [0.25, 0.3) is 0 Å². The number of fused-ring (bicyclic) bond motifs is 2. The van der Waals surface area contributed by atoms with Gasteiger partial charge in [0.1, 0.15) is 23.0 Å². The minimum absolute atomic E-state index is 0.0734. The summed E-state index contributed by atoms with van der Waals surface area (Å²) in [6, 6.07) is 17.4. The highest BCUT2D eigenvalue weighted by Gasteiger charge is 2.47. The average Bonchev–Trinajstić information content (AvgIpc) is 2.88. The van der Waals surface area contributed by atoms with Gasteiger partial charge >= 0.3 is 7.52 Å². The van der Waals surface area contributed by atoms with Gasteiger partial charge in [-0.2, -0.15) is 4.76 Å². The van der Waals surface area contributed by atoms with Gasteiger partial charge in [0.2, 0.25) is 10.0 Å². The first-order chi connectivity index (χ1) is 18.3. The van der Waals surface area contributed by atoms with Crippen LogP contribution < -0.4 is 15.3 Å². The van der Waals surface area contributed by atoms with E-state index in [0.29, 0.717) is 5.56 Å². The third-order valence-electron chi connectivity index (χ3n) is 6.77. The number of halogens is 1. The second kappa shape index (κ2) is 9.44. The fraction of sp³-hybridized carbons (Fsp3) is 0.185. The molecule has 0 saturated heterocycles. The number of carbonyl (C=O) groups is 1. The molecule has 0 spiro atoms. The van der Waals surface area contributed by atoms with E-state index in [1.165, 1.54) is 37.4 Å². The summed E-state index contributed by atoms with van der Waals surface area (Å²) in [5, 5.41) is 14.3. The van der Waals surface area contributed by atoms with Crippen molar-refractivity contribution >= 4 is 51.6 Å². The first-order valence-corrected chi connectivity index (χ1v) is 15.3. The van der Waals surface area contributed by atoms with Crippen LogP contribution in [-0.4, -0.2) is 38.5 Å². The van der Waals surface area contributed by atoms with Gasteiger partial charge in [-0.15, -0.1) is 0 Å². The summed E-state index contributed by atoms with van der Waals surface area (Å²) in [4.78, 5) is 14.2. The van der Waals surface area contributed by atoms with E-state index in [-0.39, 0.29) is 40.1 Å². The van der Waals surface area contributed by atoms with Gasteiger partial charge in [-0.1, -0.05) is 36.4 Å². The number of amidine groups is 1. The van der Waals surface area contributed by atoms with Crippen LogP contribution in [0.3, 0.4) is 0 Å². The maximum atomic E-state index is 14.4. The number of anilines is 2. The third-order valence-corrected chi connectivity index (χ3v) is 9.31. The lowest BCUT2D eigenvalue weighted by Crippen LogP contribution is -2.44. The fourth-order valence-electron chi connectivity index (χ4n) is 4.97. The average molecular weight is 570 g/mol. The largest absolute Gasteiger partial charge is 0.506 e. The molecule has 5 rings (SSSR count). The summed E-state index contributed by atoms with van der Waals surface area (Å²) in [5.74, 6) is -1.81. The first-order valence-electron chi connectivity index (χ1n) is 11.8. The predicted octanol–water partition coefficient (Wildman–Crippen LogP) is 4.54. The van der Waals surface area contributed by atoms with Gasteiger partial charge in [0, 0.05) is 18.4 Å². The van der Waals surface area contributed by atoms with Crippen molar-refractivity contribution in [3.05, 3.63) is 94.8 Å². The zero-order valence-corrected chi connectivity index (χ0v) is 22.9. The molecule has 202 valence electrons. The molecule has 0 fully saturated rings. The highest BCUT2D eigenvalue weighted by atomic mass is 32.2. The van der Waals surface area contributed by atoms with Gasteiger partial charge < -0.3 is 14.9 Å². The molecule has 2 atom stereocenters. The molecule has 0 amide bonds. The Bertz CT molecular complexity index is 1740. The quantitative estimate of drug-likeness (QED) is 0.371. The van der Waals surface area contributed by atoms with Gasteiger partial charge in [0.05, 0.1) is 22.7 Å². The van der Waals surface area contributed by atoms with E-state index in [1.54, 1.807) is 6.92 Å². The van der Waals surface area contributed by atoms with Crippen LogP contribution in [0, 0.1) is 5.82 Å². The number of aliphatic hydroxyl groups is 1. The molecular formula is C27H25FN3O6PS. The highest BCUT2D eigenvalue weighted by Crippen LogP contribution is 2.53. The molecule has 39 heavy (non-hydrogen) atoms. The molecule has 1 aliphatic heterocycles. The maximum Gasteiger partial charge on any atom is 0.348 e. The number of nitrogens with one attached hydrogen (secondary N) is 2. The van der Waals surface area contributed by atoms with Crippen LogP contribution in [0.5, 0.6) is 0 Å². The minimum Gasteiger partial charge on any atom is -0.506 e. The van der Waals surface area contributed by atoms with E-state index in [4.69, 9.17) is 4.52 Å². The molecule has 9 nitrogen and oxygen atoms in total. The highest BCUT2D eigenvalue weighted by molar-refractivity contribution is 7.92. The number of sulfonamides is 1. The van der Waals surface area contributed by atoms with Crippen molar-refractivity contribution in [2.24, 2.45) is 4.76 Å². The molecule has 1 heterocycles. The second-order valence-electron chi connectivity index (χ2n) is 9.62. The number of hydrogen-bond donors (Lipinski definition) is 3. The Morgan fingerprint density at radius 1 is 1.13 bits per heavy atom. The summed E-state index contributed by atoms with van der Waals surface area (Å²) in [5.41, 5.74) is 0.322. The Hall–Kier alpha value is -3.79. The van der Waals surface area contributed by atoms with E-state index >= 15 is 0 Å². The van der Waals surface area contributed by atoms with Crippen LogP contribution in [0.15, 0.2) is 77.1 Å². The number of ketones is 1. The number of rotatable bonds is 6. The molecule has 2 unspecified atom stereocenters. The van der Waals surface area contributed by atoms with Crippen LogP contribution in [0.4, 0.5) is 15.8 Å². The lowest BCUT2D eigenvalue weighted by atomic mass is 9.66. The van der Waals surface area contributed by atoms with Crippen molar-refractivity contribution in [2.45, 2.75) is 18.8 Å². The second-order valence-corrected chi connectivity index (χ2v) is 13.5. The monoisotopic (exact) mass is 569 g/mol. The van der Waals surface area contributed by atoms with Crippen molar-refractivity contribution in [2.75, 3.05) is 23.4 Å². The van der Waals surface area contributed by atoms with E-state index in [9.17, 15) is 27.3 Å². The SMILES string of the molecule is COP1(=O)N=C(C2=C(O)c3cc(F)ccc3C(C)(Cc3ccccc3)C2=O)Nc2ccc(NS(C)(=O)=O)cc21. The molecule has 3 N–H and O–H groups in total. The Morgan fingerprint density at radius 3 is 2.51 bits per heavy atom. The number of aliphatic hydroxyl groups excluding tert-OH is 1. The summed E-state index contributed by atoms with van der Waals surface area (Å²) in [6.45, 7) is 1.71. The summed E-state index contributed by atoms with van der Waals surface area (Å²) < 4.78 is 63.5. The fourth-order valence-corrected chi connectivity index (χ4v) is 7.06. The van der Waals surface area contributed by atoms with E-state index in [1.807, 2.05) is 30.3 Å². The Labute approximate surface area is 225 Å². The van der Waals surface area contributed by atoms with E-state index < -0.39 is 40.3 Å². The molecule has 0 saturated carbocycles. The van der Waals surface area contributed by atoms with Crippen LogP contribution in [-0.2, 0) is 35.7 Å². The molecule has 3 aromatic carbocycles. The summed E-state index contributed by atoms with van der Waals surface area (Å²) in [6.07, 6.45) is 1.22. The smallest absolute Gasteiger partial charge is 0.348 e. The normalized spacial score (nSPS) is 22.5. The van der Waals surface area contributed by atoms with Gasteiger partial charge in [-0.25, -0.2) is 12.8 Å². The van der Waals surface area contributed by atoms with Crippen LogP contribution in [0.2, 0.25) is 0 Å². The van der Waals surface area contributed by atoms with Gasteiger partial charge in [0.15, 0.2) is 5.78 Å². The van der Waals surface area contributed by atoms with E-state index in [0.717, 1.165) is 17.9 Å². The Balaban J connectivity index is 1.67. The number of nitrogens with zero attached hydrogens (tertiary/aromatic N) is 1. The standard InChI is InChI=1S/C27H25FN3O6PS/c1-27(15-16-7-5-4-6-8-16)20-11-9-17(28)13-19(20)24(32)23(25(27)33)26-29-21-12-10-18(31-39(3,35)36)14-22(21)38(34,30-26)37-2/h4-14,31-32H,15H2,1-3H3,(H,29,30,34). The minimum atomic E-state index is -4.04. The van der Waals surface area contributed by atoms with Crippen molar-refractivity contribution in [3.8, 4) is 0 Å². The number of benzene rings is 3. The topological polar surface area (TPSA) is 134 Å². The molecule has 0 radical (unpaired) electrons. The molecule has 0 aromatic heterocycles. The van der Waals surface area contributed by atoms with Crippen LogP contribution in [0.25, 0.3) is 5.76 Å². The summed E-state index contributed by atoms with van der Waals surface area (Å²) in [7, 11) is -6.47. The zero-order valence-electron chi connectivity index (χ0n) is 21.2. The Morgan fingerprint density at radius 2 is 1.85 bits per heavy atom. The molecule has 2 aliphatic rings. The maximum absolute atomic E-state index is 14.4. The lowest BCUT2D eigenvalue weighted by Gasteiger charge is -2.37. The molecule has 1 aliphatic carbocycles. The van der Waals surface area contributed by atoms with Crippen molar-refractivity contribution in [1.29, 1.82) is 0 Å². The van der Waals surface area contributed by atoms with Crippen molar-refractivity contribution < 1.29 is 31.8 Å². The first kappa shape index (κ1) is 26.8. The molecule has 12 heteroatoms. The van der Waals surface area contributed by atoms with Crippen molar-refractivity contribution in [3.63, 3.8) is 0 Å². The van der Waals surface area contributed by atoms with Gasteiger partial charge in [-0.05, 0) is 54.8 Å². The number of Topliss-reactive ketones (excluding diaryl/α,β-unsaturated/α-hetero) is 1. The zero-order chi connectivity index (χ0) is 28.2.